The quantitative estimate of drug-likeness (QED) is 0.676. The second-order valence-electron chi connectivity index (χ2n) is 7.92. The van der Waals surface area contributed by atoms with Gasteiger partial charge in [-0.2, -0.15) is 4.98 Å². The average Bonchev–Trinajstić information content (AvgIpc) is 3.18. The molecular weight excluding hydrogens is 362 g/mol. The SMILES string of the molecule is CC(C)(C)c1noc(CCC(=O)Nc2cccc([C@]3(C)NC(=O)NC3=O)c2)n1. The first-order valence-corrected chi connectivity index (χ1v) is 8.95. The van der Waals surface area contributed by atoms with Crippen molar-refractivity contribution in [3.05, 3.63) is 41.5 Å². The number of rotatable bonds is 5. The van der Waals surface area contributed by atoms with Crippen LogP contribution in [-0.4, -0.2) is 28.0 Å². The van der Waals surface area contributed by atoms with Gasteiger partial charge in [0, 0.05) is 23.9 Å². The van der Waals surface area contributed by atoms with Crippen molar-refractivity contribution in [2.45, 2.75) is 51.5 Å². The Kier molecular flexibility index (Phi) is 4.93. The number of amides is 4. The Balaban J connectivity index is 1.63. The molecule has 9 nitrogen and oxygen atoms in total. The Morgan fingerprint density at radius 1 is 1.29 bits per heavy atom. The molecule has 0 unspecified atom stereocenters. The fourth-order valence-electron chi connectivity index (χ4n) is 2.76. The highest BCUT2D eigenvalue weighted by molar-refractivity contribution is 6.07. The van der Waals surface area contributed by atoms with E-state index in [1.807, 2.05) is 20.8 Å². The van der Waals surface area contributed by atoms with Gasteiger partial charge < -0.3 is 15.2 Å². The Labute approximate surface area is 162 Å². The number of benzene rings is 1. The number of carbonyl (C=O) groups is 3. The van der Waals surface area contributed by atoms with Crippen LogP contribution in [0.3, 0.4) is 0 Å². The van der Waals surface area contributed by atoms with E-state index < -0.39 is 17.5 Å². The summed E-state index contributed by atoms with van der Waals surface area (Å²) in [5, 5.41) is 11.5. The van der Waals surface area contributed by atoms with Crippen molar-refractivity contribution in [3.63, 3.8) is 0 Å². The number of carbonyl (C=O) groups excluding carboxylic acids is 3. The first-order chi connectivity index (χ1) is 13.1. The lowest BCUT2D eigenvalue weighted by molar-refractivity contribution is -0.123. The van der Waals surface area contributed by atoms with E-state index in [1.54, 1.807) is 31.2 Å². The summed E-state index contributed by atoms with van der Waals surface area (Å²) in [6, 6.07) is 6.25. The highest BCUT2D eigenvalue weighted by Gasteiger charge is 2.43. The second kappa shape index (κ2) is 7.06. The number of urea groups is 1. The summed E-state index contributed by atoms with van der Waals surface area (Å²) in [6.45, 7) is 7.55. The lowest BCUT2D eigenvalue weighted by atomic mass is 9.92. The monoisotopic (exact) mass is 385 g/mol. The molecule has 0 radical (unpaired) electrons. The molecule has 2 aromatic rings. The Hall–Kier alpha value is -3.23. The first-order valence-electron chi connectivity index (χ1n) is 8.95. The van der Waals surface area contributed by atoms with E-state index in [9.17, 15) is 14.4 Å². The highest BCUT2D eigenvalue weighted by Crippen LogP contribution is 2.26. The van der Waals surface area contributed by atoms with Crippen molar-refractivity contribution < 1.29 is 18.9 Å². The summed E-state index contributed by atoms with van der Waals surface area (Å²) >= 11 is 0. The van der Waals surface area contributed by atoms with Gasteiger partial charge in [-0.1, -0.05) is 38.1 Å². The molecular formula is C19H23N5O4. The van der Waals surface area contributed by atoms with Crippen LogP contribution in [0.25, 0.3) is 0 Å². The van der Waals surface area contributed by atoms with Crippen LogP contribution in [0.15, 0.2) is 28.8 Å². The molecule has 0 spiro atoms. The molecule has 1 aromatic carbocycles. The van der Waals surface area contributed by atoms with Crippen LogP contribution in [0.1, 0.15) is 51.4 Å². The number of aromatic nitrogens is 2. The summed E-state index contributed by atoms with van der Waals surface area (Å²) in [5.41, 5.74) is -0.299. The number of imide groups is 1. The minimum atomic E-state index is -1.18. The zero-order valence-corrected chi connectivity index (χ0v) is 16.3. The normalized spacial score (nSPS) is 19.3. The predicted octanol–water partition coefficient (Wildman–Crippen LogP) is 1.99. The minimum Gasteiger partial charge on any atom is -0.339 e. The smallest absolute Gasteiger partial charge is 0.322 e. The standard InChI is InChI=1S/C19H23N5O4/c1-18(2,3)15-21-14(28-24-15)9-8-13(25)20-12-7-5-6-11(10-12)19(4)16(26)22-17(27)23-19/h5-7,10H,8-9H2,1-4H3,(H,20,25)(H2,22,23,26,27)/t19-/m0/s1. The number of anilines is 1. The van der Waals surface area contributed by atoms with Gasteiger partial charge >= 0.3 is 6.03 Å². The van der Waals surface area contributed by atoms with Crippen LogP contribution < -0.4 is 16.0 Å². The summed E-state index contributed by atoms with van der Waals surface area (Å²) < 4.78 is 5.19. The van der Waals surface area contributed by atoms with Crippen molar-refractivity contribution in [1.29, 1.82) is 0 Å². The van der Waals surface area contributed by atoms with Crippen LogP contribution in [0.4, 0.5) is 10.5 Å². The van der Waals surface area contributed by atoms with Crippen molar-refractivity contribution in [1.82, 2.24) is 20.8 Å². The summed E-state index contributed by atoms with van der Waals surface area (Å²) in [4.78, 5) is 40.1. The molecule has 1 aromatic heterocycles. The van der Waals surface area contributed by atoms with Gasteiger partial charge in [0.05, 0.1) is 0 Å². The zero-order valence-electron chi connectivity index (χ0n) is 16.3. The van der Waals surface area contributed by atoms with E-state index in [4.69, 9.17) is 4.52 Å². The molecule has 1 fully saturated rings. The summed E-state index contributed by atoms with van der Waals surface area (Å²) in [6.07, 6.45) is 0.495. The van der Waals surface area contributed by atoms with Crippen LogP contribution in [0.5, 0.6) is 0 Å². The lowest BCUT2D eigenvalue weighted by Gasteiger charge is -2.21. The van der Waals surface area contributed by atoms with Crippen molar-refractivity contribution in [3.8, 4) is 0 Å². The third kappa shape index (κ3) is 4.03. The molecule has 2 heterocycles. The third-order valence-electron chi connectivity index (χ3n) is 4.47. The number of hydrogen-bond donors (Lipinski definition) is 3. The topological polar surface area (TPSA) is 126 Å². The molecule has 9 heteroatoms. The van der Waals surface area contributed by atoms with Gasteiger partial charge in [-0.05, 0) is 24.6 Å². The molecule has 1 atom stereocenters. The van der Waals surface area contributed by atoms with Gasteiger partial charge in [-0.15, -0.1) is 0 Å². The maximum atomic E-state index is 12.3. The summed E-state index contributed by atoms with van der Waals surface area (Å²) in [5.74, 6) is 0.345. The maximum absolute atomic E-state index is 12.3. The first kappa shape index (κ1) is 19.5. The largest absolute Gasteiger partial charge is 0.339 e. The average molecular weight is 385 g/mol. The fourth-order valence-corrected chi connectivity index (χ4v) is 2.76. The van der Waals surface area contributed by atoms with E-state index in [0.29, 0.717) is 29.4 Å². The van der Waals surface area contributed by atoms with Crippen molar-refractivity contribution >= 4 is 23.5 Å². The maximum Gasteiger partial charge on any atom is 0.322 e. The van der Waals surface area contributed by atoms with Crippen LogP contribution in [0, 0.1) is 0 Å². The van der Waals surface area contributed by atoms with E-state index in [1.165, 1.54) is 0 Å². The van der Waals surface area contributed by atoms with Gasteiger partial charge in [0.2, 0.25) is 11.8 Å². The van der Waals surface area contributed by atoms with E-state index >= 15 is 0 Å². The molecule has 1 saturated heterocycles. The molecule has 4 amide bonds. The zero-order chi connectivity index (χ0) is 20.5. The van der Waals surface area contributed by atoms with E-state index in [2.05, 4.69) is 26.1 Å². The molecule has 1 aliphatic heterocycles. The van der Waals surface area contributed by atoms with Crippen molar-refractivity contribution in [2.24, 2.45) is 0 Å². The molecule has 1 aliphatic rings. The highest BCUT2D eigenvalue weighted by atomic mass is 16.5. The fraction of sp³-hybridized carbons (Fsp3) is 0.421. The van der Waals surface area contributed by atoms with Gasteiger partial charge in [0.1, 0.15) is 5.54 Å². The molecule has 28 heavy (non-hydrogen) atoms. The Bertz CT molecular complexity index is 930. The van der Waals surface area contributed by atoms with E-state index in [-0.39, 0.29) is 17.7 Å². The Morgan fingerprint density at radius 3 is 2.64 bits per heavy atom. The van der Waals surface area contributed by atoms with Gasteiger partial charge in [-0.3, -0.25) is 14.9 Å². The predicted molar refractivity (Wildman–Crippen MR) is 100 cm³/mol. The van der Waals surface area contributed by atoms with Crippen molar-refractivity contribution in [2.75, 3.05) is 5.32 Å². The molecule has 3 N–H and O–H groups in total. The minimum absolute atomic E-state index is 0.171. The third-order valence-corrected chi connectivity index (χ3v) is 4.47. The van der Waals surface area contributed by atoms with Gasteiger partial charge in [0.15, 0.2) is 5.82 Å². The Morgan fingerprint density at radius 2 is 2.04 bits per heavy atom. The molecule has 0 aliphatic carbocycles. The van der Waals surface area contributed by atoms with Gasteiger partial charge in [0.25, 0.3) is 5.91 Å². The van der Waals surface area contributed by atoms with Crippen LogP contribution in [-0.2, 0) is 27.0 Å². The van der Waals surface area contributed by atoms with E-state index in [0.717, 1.165) is 0 Å². The van der Waals surface area contributed by atoms with Crippen LogP contribution >= 0.6 is 0 Å². The molecule has 3 rings (SSSR count). The number of aryl methyl sites for hydroxylation is 1. The van der Waals surface area contributed by atoms with Gasteiger partial charge in [-0.25, -0.2) is 4.79 Å². The molecule has 148 valence electrons. The number of nitrogens with zero attached hydrogens (tertiary/aromatic N) is 2. The number of nitrogens with one attached hydrogen (secondary N) is 3. The lowest BCUT2D eigenvalue weighted by Crippen LogP contribution is -2.40. The number of hydrogen-bond acceptors (Lipinski definition) is 6. The molecule has 0 saturated carbocycles. The molecule has 0 bridgehead atoms. The van der Waals surface area contributed by atoms with Crippen LogP contribution in [0.2, 0.25) is 0 Å². The second-order valence-corrected chi connectivity index (χ2v) is 7.92. The summed E-state index contributed by atoms with van der Waals surface area (Å²) in [7, 11) is 0.